The molecule has 1 unspecified atom stereocenters. The van der Waals surface area contributed by atoms with Crippen LogP contribution in [0.4, 0.5) is 0 Å². The smallest absolute Gasteiger partial charge is 0.357 e. The monoisotopic (exact) mass is 505 g/mol. The van der Waals surface area contributed by atoms with Gasteiger partial charge in [-0.1, -0.05) is 0 Å². The molecule has 0 bridgehead atoms. The summed E-state index contributed by atoms with van der Waals surface area (Å²) in [5, 5.41) is -1.17. The average molecular weight is 505 g/mol. The van der Waals surface area contributed by atoms with Crippen LogP contribution in [0.25, 0.3) is 0 Å². The van der Waals surface area contributed by atoms with E-state index in [0.29, 0.717) is 0 Å². The molecule has 0 aromatic carbocycles. The van der Waals surface area contributed by atoms with Gasteiger partial charge in [0, 0.05) is 27.7 Å². The zero-order valence-electron chi connectivity index (χ0n) is 17.5. The maximum atomic E-state index is 12.7. The number of carbonyl (C=O) groups is 4. The highest BCUT2D eigenvalue weighted by Crippen LogP contribution is 2.59. The van der Waals surface area contributed by atoms with Gasteiger partial charge in [-0.25, -0.2) is 0 Å². The average Bonchev–Trinajstić information content (AvgIpc) is 2.54. The van der Waals surface area contributed by atoms with Crippen LogP contribution in [0.5, 0.6) is 0 Å². The Morgan fingerprint density at radius 1 is 0.938 bits per heavy atom. The summed E-state index contributed by atoms with van der Waals surface area (Å²) in [5.41, 5.74) is 0. The number of ether oxygens (including phenoxy) is 4. The van der Waals surface area contributed by atoms with Gasteiger partial charge in [0.1, 0.15) is 18.8 Å². The van der Waals surface area contributed by atoms with E-state index >= 15 is 0 Å². The van der Waals surface area contributed by atoms with Gasteiger partial charge >= 0.3 is 33.1 Å². The van der Waals surface area contributed by atoms with Gasteiger partial charge in [0.25, 0.3) is 0 Å². The van der Waals surface area contributed by atoms with Crippen LogP contribution in [-0.2, 0) is 47.3 Å². The molecule has 5 N–H and O–H groups in total. The van der Waals surface area contributed by atoms with Crippen molar-refractivity contribution in [2.75, 3.05) is 12.8 Å². The minimum atomic E-state index is -5.70. The van der Waals surface area contributed by atoms with Crippen molar-refractivity contribution in [1.82, 2.24) is 5.32 Å². The summed E-state index contributed by atoms with van der Waals surface area (Å²) in [6.45, 7) is 2.89. The number of hydrogen-bond acceptors (Lipinski definition) is 10. The van der Waals surface area contributed by atoms with Crippen LogP contribution >= 0.6 is 15.2 Å². The van der Waals surface area contributed by atoms with Gasteiger partial charge in [-0.2, -0.15) is 0 Å². The van der Waals surface area contributed by atoms with Crippen molar-refractivity contribution in [3.8, 4) is 0 Å². The first-order valence-electron chi connectivity index (χ1n) is 8.93. The molecule has 1 aliphatic rings. The first-order valence-corrected chi connectivity index (χ1v) is 12.3. The number of amides is 1. The number of hydrogen-bond donors (Lipinski definition) is 5. The second-order valence-corrected chi connectivity index (χ2v) is 10.5. The largest absolute Gasteiger partial charge is 0.463 e. The molecule has 32 heavy (non-hydrogen) atoms. The summed E-state index contributed by atoms with van der Waals surface area (Å²) in [4.78, 5) is 86.0. The van der Waals surface area contributed by atoms with Crippen molar-refractivity contribution >= 4 is 39.0 Å². The molecule has 17 heteroatoms. The molecule has 0 aromatic heterocycles. The van der Waals surface area contributed by atoms with Crippen LogP contribution in [0.2, 0.25) is 0 Å². The Morgan fingerprint density at radius 3 is 1.84 bits per heavy atom. The predicted octanol–water partition coefficient (Wildman–Crippen LogP) is -1.63. The van der Waals surface area contributed by atoms with Crippen molar-refractivity contribution in [2.24, 2.45) is 0 Å². The number of esters is 3. The Kier molecular flexibility index (Phi) is 9.14. The van der Waals surface area contributed by atoms with Crippen LogP contribution in [-0.4, -0.2) is 85.9 Å². The second-order valence-electron chi connectivity index (χ2n) is 6.97. The van der Waals surface area contributed by atoms with Crippen molar-refractivity contribution in [2.45, 2.75) is 57.4 Å². The highest BCUT2D eigenvalue weighted by Gasteiger charge is 2.69. The normalized spacial score (nSPS) is 28.4. The molecule has 0 aliphatic carbocycles. The van der Waals surface area contributed by atoms with E-state index in [1.54, 1.807) is 0 Å². The van der Waals surface area contributed by atoms with E-state index in [0.717, 1.165) is 27.7 Å². The summed E-state index contributed by atoms with van der Waals surface area (Å²) in [6.07, 6.45) is -9.16. The summed E-state index contributed by atoms with van der Waals surface area (Å²) in [5.74, 6) is -4.10. The molecular formula is C15H25NO14P2. The Labute approximate surface area is 182 Å². The Bertz CT molecular complexity index is 849. The van der Waals surface area contributed by atoms with E-state index < -0.39 is 81.5 Å². The van der Waals surface area contributed by atoms with Crippen LogP contribution in [0, 0.1) is 0 Å². The van der Waals surface area contributed by atoms with E-state index in [-0.39, 0.29) is 0 Å². The standard InChI is InChI=1S/C15H25NO14P2/c1-7(17)16-15(32(24,25)26)12(6-31(21,22)23)30-11(5-27-8(2)18)13(28-9(3)19)14(15)29-10(4)20/h11-14H,5-6H2,1-4H3,(H,16,17)(H2,21,22,23)(H2,24,25,26)/t11-,12-,13-,14+,15?/m1/s1. The Hall–Kier alpha value is -1.86. The molecule has 1 aliphatic heterocycles. The molecule has 0 aromatic rings. The van der Waals surface area contributed by atoms with E-state index in [9.17, 15) is 47.9 Å². The number of rotatable bonds is 8. The maximum Gasteiger partial charge on any atom is 0.357 e. The molecule has 1 fully saturated rings. The predicted molar refractivity (Wildman–Crippen MR) is 102 cm³/mol. The Balaban J connectivity index is 3.85. The third kappa shape index (κ3) is 7.07. The first-order chi connectivity index (χ1) is 14.4. The van der Waals surface area contributed by atoms with Crippen LogP contribution < -0.4 is 5.32 Å². The van der Waals surface area contributed by atoms with Crippen molar-refractivity contribution in [3.63, 3.8) is 0 Å². The fourth-order valence-corrected chi connectivity index (χ4v) is 5.59. The third-order valence-electron chi connectivity index (χ3n) is 4.24. The van der Waals surface area contributed by atoms with Gasteiger partial charge in [0.05, 0.1) is 6.16 Å². The molecule has 1 rings (SSSR count). The van der Waals surface area contributed by atoms with Gasteiger partial charge in [0.15, 0.2) is 12.2 Å². The van der Waals surface area contributed by atoms with Crippen molar-refractivity contribution in [1.29, 1.82) is 0 Å². The lowest BCUT2D eigenvalue weighted by atomic mass is 9.91. The lowest BCUT2D eigenvalue weighted by Gasteiger charge is -2.52. The topological polar surface area (TPSA) is 232 Å². The lowest BCUT2D eigenvalue weighted by molar-refractivity contribution is -0.229. The van der Waals surface area contributed by atoms with E-state index in [1.165, 1.54) is 0 Å². The SMILES string of the molecule is CC(=O)NC1(P(=O)(O)O)[C@@H](CP(=O)(O)O)O[C@H](COC(C)=O)[C@@H](OC(C)=O)[C@@H]1OC(C)=O. The first kappa shape index (κ1) is 28.2. The lowest BCUT2D eigenvalue weighted by Crippen LogP contribution is -2.74. The molecule has 15 nitrogen and oxygen atoms in total. The molecule has 0 radical (unpaired) electrons. The molecule has 1 amide bonds. The zero-order chi connectivity index (χ0) is 25.1. The second kappa shape index (κ2) is 10.4. The summed E-state index contributed by atoms with van der Waals surface area (Å²) in [7, 11) is -10.8. The molecule has 5 atom stereocenters. The highest BCUT2D eigenvalue weighted by molar-refractivity contribution is 7.54. The summed E-state index contributed by atoms with van der Waals surface area (Å²) in [6, 6.07) is 0. The number of nitrogens with one attached hydrogen (secondary N) is 1. The summed E-state index contributed by atoms with van der Waals surface area (Å²) < 4.78 is 44.7. The molecule has 0 saturated carbocycles. The minimum Gasteiger partial charge on any atom is -0.463 e. The van der Waals surface area contributed by atoms with Crippen LogP contribution in [0.3, 0.4) is 0 Å². The fourth-order valence-electron chi connectivity index (χ4n) is 3.28. The van der Waals surface area contributed by atoms with Crippen LogP contribution in [0.1, 0.15) is 27.7 Å². The molecule has 0 spiro atoms. The highest BCUT2D eigenvalue weighted by atomic mass is 31.2. The molecule has 1 saturated heterocycles. The Morgan fingerprint density at radius 2 is 1.47 bits per heavy atom. The van der Waals surface area contributed by atoms with Crippen LogP contribution in [0.15, 0.2) is 0 Å². The van der Waals surface area contributed by atoms with E-state index in [1.807, 2.05) is 5.32 Å². The third-order valence-corrected chi connectivity index (χ3v) is 6.66. The summed E-state index contributed by atoms with van der Waals surface area (Å²) >= 11 is 0. The fraction of sp³-hybridized carbons (Fsp3) is 0.733. The van der Waals surface area contributed by atoms with E-state index in [4.69, 9.17) is 18.9 Å². The van der Waals surface area contributed by atoms with Crippen molar-refractivity contribution < 1.29 is 66.8 Å². The maximum absolute atomic E-state index is 12.7. The van der Waals surface area contributed by atoms with Gasteiger partial charge in [-0.15, -0.1) is 0 Å². The number of carbonyl (C=O) groups excluding carboxylic acids is 4. The van der Waals surface area contributed by atoms with Gasteiger partial charge < -0.3 is 43.8 Å². The van der Waals surface area contributed by atoms with E-state index in [2.05, 4.69) is 0 Å². The van der Waals surface area contributed by atoms with Gasteiger partial charge in [-0.05, 0) is 0 Å². The molecular weight excluding hydrogens is 480 g/mol. The molecule has 1 heterocycles. The quantitative estimate of drug-likeness (QED) is 0.142. The molecule has 184 valence electrons. The van der Waals surface area contributed by atoms with Gasteiger partial charge in [0.2, 0.25) is 11.2 Å². The van der Waals surface area contributed by atoms with Crippen molar-refractivity contribution in [3.05, 3.63) is 0 Å². The zero-order valence-corrected chi connectivity index (χ0v) is 19.3. The minimum absolute atomic E-state index is 0.708. The van der Waals surface area contributed by atoms with Gasteiger partial charge in [-0.3, -0.25) is 28.3 Å².